The lowest BCUT2D eigenvalue weighted by atomic mass is 9.96. The Kier molecular flexibility index (Phi) is 4.07. The van der Waals surface area contributed by atoms with Gasteiger partial charge >= 0.3 is 12.0 Å². The number of carboxylic acid groups (broad SMARTS) is 1. The van der Waals surface area contributed by atoms with Crippen LogP contribution < -0.4 is 16.4 Å². The van der Waals surface area contributed by atoms with Gasteiger partial charge < -0.3 is 21.5 Å². The van der Waals surface area contributed by atoms with E-state index in [0.29, 0.717) is 0 Å². The molecular weight excluding hydrogens is 250 g/mol. The van der Waals surface area contributed by atoms with E-state index in [2.05, 4.69) is 10.6 Å². The van der Waals surface area contributed by atoms with Gasteiger partial charge in [-0.15, -0.1) is 0 Å². The van der Waals surface area contributed by atoms with Crippen LogP contribution in [0.2, 0.25) is 0 Å². The van der Waals surface area contributed by atoms with Gasteiger partial charge in [-0.1, -0.05) is 0 Å². The first-order valence-corrected chi connectivity index (χ1v) is 6.19. The molecule has 19 heavy (non-hydrogen) atoms. The molecule has 0 spiro atoms. The molecule has 0 saturated heterocycles. The zero-order valence-electron chi connectivity index (χ0n) is 11.4. The van der Waals surface area contributed by atoms with Crippen molar-refractivity contribution in [3.05, 3.63) is 0 Å². The topological polar surface area (TPSA) is 122 Å². The summed E-state index contributed by atoms with van der Waals surface area (Å²) in [7, 11) is 0. The summed E-state index contributed by atoms with van der Waals surface area (Å²) >= 11 is 0. The van der Waals surface area contributed by atoms with Gasteiger partial charge in [-0.3, -0.25) is 4.79 Å². The fourth-order valence-electron chi connectivity index (χ4n) is 2.05. The third-order valence-electron chi connectivity index (χ3n) is 3.28. The second-order valence-electron chi connectivity index (χ2n) is 5.89. The summed E-state index contributed by atoms with van der Waals surface area (Å²) in [6.45, 7) is 4.78. The van der Waals surface area contributed by atoms with Crippen LogP contribution in [0.5, 0.6) is 0 Å². The molecular formula is C12H21N3O4. The molecule has 0 radical (unpaired) electrons. The minimum absolute atomic E-state index is 0.0202. The van der Waals surface area contributed by atoms with Crippen molar-refractivity contribution in [2.45, 2.75) is 51.1 Å². The summed E-state index contributed by atoms with van der Waals surface area (Å²) in [6.07, 6.45) is 1.55. The molecule has 0 aromatic carbocycles. The molecule has 5 N–H and O–H groups in total. The maximum atomic E-state index is 11.9. The first kappa shape index (κ1) is 15.3. The van der Waals surface area contributed by atoms with Gasteiger partial charge in [-0.05, 0) is 39.5 Å². The molecule has 1 saturated carbocycles. The summed E-state index contributed by atoms with van der Waals surface area (Å²) in [5.41, 5.74) is 2.99. The second kappa shape index (κ2) is 5.07. The van der Waals surface area contributed by atoms with E-state index in [1.165, 1.54) is 6.92 Å². The molecule has 1 aliphatic rings. The minimum Gasteiger partial charge on any atom is -0.480 e. The SMILES string of the molecule is CC(C)(CC(N)=O)NC(=O)NC(C)(C(=O)O)C1CC1. The Balaban J connectivity index is 2.63. The van der Waals surface area contributed by atoms with Crippen LogP contribution >= 0.6 is 0 Å². The van der Waals surface area contributed by atoms with Crippen LogP contribution in [0.25, 0.3) is 0 Å². The summed E-state index contributed by atoms with van der Waals surface area (Å²) < 4.78 is 0. The van der Waals surface area contributed by atoms with Crippen molar-refractivity contribution >= 4 is 17.9 Å². The van der Waals surface area contributed by atoms with Crippen LogP contribution in [-0.4, -0.2) is 34.1 Å². The largest absolute Gasteiger partial charge is 0.480 e. The average Bonchev–Trinajstić information content (AvgIpc) is 2.95. The quantitative estimate of drug-likeness (QED) is 0.551. The first-order valence-electron chi connectivity index (χ1n) is 6.19. The molecule has 3 amide bonds. The van der Waals surface area contributed by atoms with Crippen molar-refractivity contribution in [2.75, 3.05) is 0 Å². The van der Waals surface area contributed by atoms with Gasteiger partial charge in [-0.25, -0.2) is 9.59 Å². The molecule has 1 rings (SSSR count). The normalized spacial score (nSPS) is 18.3. The Morgan fingerprint density at radius 3 is 2.11 bits per heavy atom. The maximum Gasteiger partial charge on any atom is 0.329 e. The van der Waals surface area contributed by atoms with E-state index in [-0.39, 0.29) is 12.3 Å². The number of hydrogen-bond acceptors (Lipinski definition) is 3. The van der Waals surface area contributed by atoms with E-state index in [1.54, 1.807) is 13.8 Å². The molecule has 0 aromatic rings. The highest BCUT2D eigenvalue weighted by molar-refractivity contribution is 5.87. The number of carbonyl (C=O) groups is 3. The van der Waals surface area contributed by atoms with Gasteiger partial charge in [0.1, 0.15) is 5.54 Å². The molecule has 0 bridgehead atoms. The van der Waals surface area contributed by atoms with Crippen LogP contribution in [0.15, 0.2) is 0 Å². The molecule has 1 unspecified atom stereocenters. The van der Waals surface area contributed by atoms with E-state index in [1.807, 2.05) is 0 Å². The summed E-state index contributed by atoms with van der Waals surface area (Å²) in [4.78, 5) is 34.0. The van der Waals surface area contributed by atoms with Crippen molar-refractivity contribution in [2.24, 2.45) is 11.7 Å². The van der Waals surface area contributed by atoms with Crippen LogP contribution in [0.1, 0.15) is 40.0 Å². The third-order valence-corrected chi connectivity index (χ3v) is 3.28. The number of nitrogens with one attached hydrogen (secondary N) is 2. The highest BCUT2D eigenvalue weighted by Gasteiger charge is 2.48. The third kappa shape index (κ3) is 4.11. The number of aliphatic carboxylic acids is 1. The summed E-state index contributed by atoms with van der Waals surface area (Å²) in [5.74, 6) is -1.64. The van der Waals surface area contributed by atoms with E-state index in [0.717, 1.165) is 12.8 Å². The first-order chi connectivity index (χ1) is 8.57. The fraction of sp³-hybridized carbons (Fsp3) is 0.750. The number of nitrogens with two attached hydrogens (primary N) is 1. The standard InChI is InChI=1S/C12H21N3O4/c1-11(2,6-8(13)16)14-10(19)15-12(3,9(17)18)7-4-5-7/h7H,4-6H2,1-3H3,(H2,13,16)(H,17,18)(H2,14,15,19). The molecule has 7 nitrogen and oxygen atoms in total. The molecule has 0 aromatic heterocycles. The van der Waals surface area contributed by atoms with Crippen molar-refractivity contribution in [1.82, 2.24) is 10.6 Å². The zero-order valence-corrected chi connectivity index (χ0v) is 11.4. The predicted molar refractivity (Wildman–Crippen MR) is 68.3 cm³/mol. The van der Waals surface area contributed by atoms with Gasteiger partial charge in [0.2, 0.25) is 5.91 Å². The zero-order chi connectivity index (χ0) is 14.8. The molecule has 7 heteroatoms. The van der Waals surface area contributed by atoms with Crippen LogP contribution in [-0.2, 0) is 9.59 Å². The lowest BCUT2D eigenvalue weighted by molar-refractivity contribution is -0.144. The van der Waals surface area contributed by atoms with Crippen molar-refractivity contribution in [1.29, 1.82) is 0 Å². The van der Waals surface area contributed by atoms with Gasteiger partial charge in [0, 0.05) is 12.0 Å². The highest BCUT2D eigenvalue weighted by atomic mass is 16.4. The van der Waals surface area contributed by atoms with E-state index >= 15 is 0 Å². The van der Waals surface area contributed by atoms with Crippen molar-refractivity contribution < 1.29 is 19.5 Å². The monoisotopic (exact) mass is 271 g/mol. The lowest BCUT2D eigenvalue weighted by Crippen LogP contribution is -2.60. The molecule has 108 valence electrons. The molecule has 0 aliphatic heterocycles. The Morgan fingerprint density at radius 1 is 1.21 bits per heavy atom. The Labute approximate surface area is 111 Å². The summed E-state index contributed by atoms with van der Waals surface area (Å²) in [6, 6.07) is -0.608. The number of carbonyl (C=O) groups excluding carboxylic acids is 2. The van der Waals surface area contributed by atoms with E-state index < -0.39 is 29.0 Å². The number of primary amides is 1. The van der Waals surface area contributed by atoms with Crippen molar-refractivity contribution in [3.63, 3.8) is 0 Å². The average molecular weight is 271 g/mol. The number of amides is 3. The molecule has 1 atom stereocenters. The van der Waals surface area contributed by atoms with E-state index in [4.69, 9.17) is 5.73 Å². The fourth-order valence-corrected chi connectivity index (χ4v) is 2.05. The maximum absolute atomic E-state index is 11.9. The van der Waals surface area contributed by atoms with E-state index in [9.17, 15) is 19.5 Å². The number of rotatable bonds is 6. The van der Waals surface area contributed by atoms with Gasteiger partial charge in [0.15, 0.2) is 0 Å². The molecule has 0 heterocycles. The Hall–Kier alpha value is -1.79. The smallest absolute Gasteiger partial charge is 0.329 e. The molecule has 1 aliphatic carbocycles. The lowest BCUT2D eigenvalue weighted by Gasteiger charge is -2.30. The van der Waals surface area contributed by atoms with Crippen molar-refractivity contribution in [3.8, 4) is 0 Å². The number of hydrogen-bond donors (Lipinski definition) is 4. The predicted octanol–water partition coefficient (Wildman–Crippen LogP) is 0.193. The van der Waals surface area contributed by atoms with Gasteiger partial charge in [0.05, 0.1) is 0 Å². The van der Waals surface area contributed by atoms with Crippen LogP contribution in [0.3, 0.4) is 0 Å². The van der Waals surface area contributed by atoms with Crippen LogP contribution in [0.4, 0.5) is 4.79 Å². The Morgan fingerprint density at radius 2 is 1.74 bits per heavy atom. The van der Waals surface area contributed by atoms with Crippen LogP contribution in [0, 0.1) is 5.92 Å². The second-order valence-corrected chi connectivity index (χ2v) is 5.89. The minimum atomic E-state index is -1.27. The Bertz CT molecular complexity index is 404. The molecule has 1 fully saturated rings. The summed E-state index contributed by atoms with van der Waals surface area (Å²) in [5, 5.41) is 14.3. The number of urea groups is 1. The highest BCUT2D eigenvalue weighted by Crippen LogP contribution is 2.39. The number of carboxylic acids is 1. The van der Waals surface area contributed by atoms with Gasteiger partial charge in [0.25, 0.3) is 0 Å². The van der Waals surface area contributed by atoms with Gasteiger partial charge in [-0.2, -0.15) is 0 Å².